The summed E-state index contributed by atoms with van der Waals surface area (Å²) in [5, 5.41) is 3.75. The van der Waals surface area contributed by atoms with Crippen LogP contribution in [0.25, 0.3) is 0 Å². The molecule has 2 aromatic carbocycles. The normalized spacial score (nSPS) is 27.9. The Morgan fingerprint density at radius 3 is 2.33 bits per heavy atom. The van der Waals surface area contributed by atoms with Crippen molar-refractivity contribution in [2.45, 2.75) is 101 Å². The Bertz CT molecular complexity index is 908. The fourth-order valence-electron chi connectivity index (χ4n) is 5.60. The van der Waals surface area contributed by atoms with Crippen molar-refractivity contribution < 1.29 is 18.3 Å². The molecule has 33 heavy (non-hydrogen) atoms. The summed E-state index contributed by atoms with van der Waals surface area (Å²) in [6, 6.07) is 12.8. The zero-order valence-electron chi connectivity index (χ0n) is 19.3. The summed E-state index contributed by atoms with van der Waals surface area (Å²) in [5.74, 6) is -0.871. The predicted octanol–water partition coefficient (Wildman–Crippen LogP) is 6.65. The Hall–Kier alpha value is -1.98. The highest BCUT2D eigenvalue weighted by Crippen LogP contribution is 2.47. The lowest BCUT2D eigenvalue weighted by Gasteiger charge is -2.33. The molecular weight excluding hydrogens is 420 g/mol. The molecule has 3 aliphatic rings. The van der Waals surface area contributed by atoms with Gasteiger partial charge in [0.2, 0.25) is 0 Å². The van der Waals surface area contributed by atoms with Crippen LogP contribution in [0.3, 0.4) is 0 Å². The van der Waals surface area contributed by atoms with Crippen molar-refractivity contribution >= 4 is 0 Å². The number of rotatable bonds is 8. The van der Waals surface area contributed by atoms with E-state index < -0.39 is 11.6 Å². The number of benzene rings is 2. The second kappa shape index (κ2) is 10.5. The SMILES string of the molecule is Fc1cc(F)c(OCc2ccccc2)c(C2CC2NC2CCC(OC3CCCCC3)CC2)c1. The van der Waals surface area contributed by atoms with Gasteiger partial charge < -0.3 is 14.8 Å². The summed E-state index contributed by atoms with van der Waals surface area (Å²) < 4.78 is 40.9. The molecule has 178 valence electrons. The highest BCUT2D eigenvalue weighted by atomic mass is 19.1. The van der Waals surface area contributed by atoms with Gasteiger partial charge in [-0.3, -0.25) is 0 Å². The van der Waals surface area contributed by atoms with Crippen molar-refractivity contribution in [3.05, 3.63) is 65.2 Å². The van der Waals surface area contributed by atoms with E-state index in [-0.39, 0.29) is 24.3 Å². The van der Waals surface area contributed by atoms with E-state index in [9.17, 15) is 8.78 Å². The van der Waals surface area contributed by atoms with Crippen LogP contribution in [0, 0.1) is 11.6 Å². The number of nitrogens with one attached hydrogen (secondary N) is 1. The monoisotopic (exact) mass is 455 g/mol. The maximum atomic E-state index is 14.6. The molecular formula is C28H35F2NO2. The third-order valence-corrected chi connectivity index (χ3v) is 7.51. The Labute approximate surface area is 195 Å². The van der Waals surface area contributed by atoms with Crippen molar-refractivity contribution in [3.63, 3.8) is 0 Å². The molecule has 5 rings (SSSR count). The molecule has 3 saturated carbocycles. The Kier molecular flexibility index (Phi) is 7.27. The van der Waals surface area contributed by atoms with E-state index in [1.807, 2.05) is 30.3 Å². The summed E-state index contributed by atoms with van der Waals surface area (Å²) in [5.41, 5.74) is 1.61. The number of hydrogen-bond donors (Lipinski definition) is 1. The van der Waals surface area contributed by atoms with Crippen LogP contribution in [0.1, 0.15) is 81.3 Å². The third kappa shape index (κ3) is 5.93. The van der Waals surface area contributed by atoms with Gasteiger partial charge in [-0.1, -0.05) is 49.6 Å². The molecule has 0 heterocycles. The van der Waals surface area contributed by atoms with Gasteiger partial charge in [-0.25, -0.2) is 8.78 Å². The molecule has 2 atom stereocenters. The second-order valence-electron chi connectivity index (χ2n) is 10.1. The van der Waals surface area contributed by atoms with Gasteiger partial charge in [-0.05, 0) is 56.6 Å². The van der Waals surface area contributed by atoms with Crippen molar-refractivity contribution in [2.24, 2.45) is 0 Å². The largest absolute Gasteiger partial charge is 0.486 e. The number of ether oxygens (including phenoxy) is 2. The Morgan fingerprint density at radius 2 is 1.58 bits per heavy atom. The maximum absolute atomic E-state index is 14.6. The summed E-state index contributed by atoms with van der Waals surface area (Å²) in [6.45, 7) is 0.270. The molecule has 3 aliphatic carbocycles. The van der Waals surface area contributed by atoms with Gasteiger partial charge in [0, 0.05) is 29.6 Å². The van der Waals surface area contributed by atoms with Crippen molar-refractivity contribution in [1.29, 1.82) is 0 Å². The van der Waals surface area contributed by atoms with Crippen molar-refractivity contribution in [2.75, 3.05) is 0 Å². The average molecular weight is 456 g/mol. The lowest BCUT2D eigenvalue weighted by atomic mass is 9.91. The summed E-state index contributed by atoms with van der Waals surface area (Å²) >= 11 is 0. The van der Waals surface area contributed by atoms with Gasteiger partial charge in [0.25, 0.3) is 0 Å². The zero-order valence-corrected chi connectivity index (χ0v) is 19.3. The minimum absolute atomic E-state index is 0.0946. The van der Waals surface area contributed by atoms with E-state index in [2.05, 4.69) is 5.32 Å². The van der Waals surface area contributed by atoms with Crippen LogP contribution < -0.4 is 10.1 Å². The highest BCUT2D eigenvalue weighted by molar-refractivity contribution is 5.42. The molecule has 0 spiro atoms. The molecule has 0 bridgehead atoms. The molecule has 0 amide bonds. The topological polar surface area (TPSA) is 30.5 Å². The molecule has 1 N–H and O–H groups in total. The predicted molar refractivity (Wildman–Crippen MR) is 125 cm³/mol. The van der Waals surface area contributed by atoms with Crippen LogP contribution >= 0.6 is 0 Å². The van der Waals surface area contributed by atoms with Crippen molar-refractivity contribution in [3.8, 4) is 5.75 Å². The lowest BCUT2D eigenvalue weighted by molar-refractivity contribution is -0.0482. The van der Waals surface area contributed by atoms with Crippen LogP contribution in [0.15, 0.2) is 42.5 Å². The smallest absolute Gasteiger partial charge is 0.168 e. The van der Waals surface area contributed by atoms with E-state index in [0.29, 0.717) is 23.8 Å². The van der Waals surface area contributed by atoms with Crippen LogP contribution in [-0.2, 0) is 11.3 Å². The lowest BCUT2D eigenvalue weighted by Crippen LogP contribution is -2.38. The minimum atomic E-state index is -0.619. The molecule has 2 aromatic rings. The summed E-state index contributed by atoms with van der Waals surface area (Å²) in [6.07, 6.45) is 12.6. The van der Waals surface area contributed by atoms with E-state index in [1.54, 1.807) is 0 Å². The number of halogens is 2. The van der Waals surface area contributed by atoms with E-state index in [1.165, 1.54) is 38.2 Å². The Balaban J connectivity index is 1.14. The van der Waals surface area contributed by atoms with E-state index in [4.69, 9.17) is 9.47 Å². The van der Waals surface area contributed by atoms with E-state index >= 15 is 0 Å². The van der Waals surface area contributed by atoms with Gasteiger partial charge in [-0.2, -0.15) is 0 Å². The summed E-state index contributed by atoms with van der Waals surface area (Å²) in [7, 11) is 0. The molecule has 5 heteroatoms. The molecule has 3 nitrogen and oxygen atoms in total. The van der Waals surface area contributed by atoms with Gasteiger partial charge in [0.05, 0.1) is 12.2 Å². The highest BCUT2D eigenvalue weighted by Gasteiger charge is 2.42. The van der Waals surface area contributed by atoms with Crippen molar-refractivity contribution in [1.82, 2.24) is 5.32 Å². The van der Waals surface area contributed by atoms with Gasteiger partial charge in [0.15, 0.2) is 11.6 Å². The molecule has 0 aliphatic heterocycles. The standard InChI is InChI=1S/C28H35F2NO2/c29-20-15-25(28(26(30)16-20)32-18-19-7-3-1-4-8-19)24-17-27(24)31-21-11-13-23(14-12-21)33-22-9-5-2-6-10-22/h1,3-4,7-8,15-16,21-24,27,31H,2,5-6,9-14,17-18H2. The first-order chi connectivity index (χ1) is 16.2. The maximum Gasteiger partial charge on any atom is 0.168 e. The second-order valence-corrected chi connectivity index (χ2v) is 10.1. The minimum Gasteiger partial charge on any atom is -0.486 e. The first-order valence-corrected chi connectivity index (χ1v) is 12.7. The molecule has 0 saturated heterocycles. The van der Waals surface area contributed by atoms with Crippen LogP contribution in [0.4, 0.5) is 8.78 Å². The van der Waals surface area contributed by atoms with Crippen LogP contribution in [0.2, 0.25) is 0 Å². The van der Waals surface area contributed by atoms with Crippen LogP contribution in [0.5, 0.6) is 5.75 Å². The van der Waals surface area contributed by atoms with E-state index in [0.717, 1.165) is 43.7 Å². The fraction of sp³-hybridized carbons (Fsp3) is 0.571. The van der Waals surface area contributed by atoms with Gasteiger partial charge in [0.1, 0.15) is 12.4 Å². The Morgan fingerprint density at radius 1 is 0.848 bits per heavy atom. The molecule has 2 unspecified atom stereocenters. The van der Waals surface area contributed by atoms with Gasteiger partial charge >= 0.3 is 0 Å². The summed E-state index contributed by atoms with van der Waals surface area (Å²) in [4.78, 5) is 0. The quantitative estimate of drug-likeness (QED) is 0.483. The first kappa shape index (κ1) is 22.8. The van der Waals surface area contributed by atoms with Gasteiger partial charge in [-0.15, -0.1) is 0 Å². The fourth-order valence-corrected chi connectivity index (χ4v) is 5.60. The number of hydrogen-bond acceptors (Lipinski definition) is 3. The molecule has 0 aromatic heterocycles. The molecule has 3 fully saturated rings. The first-order valence-electron chi connectivity index (χ1n) is 12.7. The van der Waals surface area contributed by atoms with Crippen LogP contribution in [-0.4, -0.2) is 24.3 Å². The average Bonchev–Trinajstić information content (AvgIpc) is 3.59. The molecule has 0 radical (unpaired) electrons. The zero-order chi connectivity index (χ0) is 22.6. The third-order valence-electron chi connectivity index (χ3n) is 7.51.